The summed E-state index contributed by atoms with van der Waals surface area (Å²) in [7, 11) is 1.61. The Bertz CT molecular complexity index is 529. The Morgan fingerprint density at radius 3 is 2.50 bits per heavy atom. The summed E-state index contributed by atoms with van der Waals surface area (Å²) >= 11 is 0. The van der Waals surface area contributed by atoms with E-state index in [4.69, 9.17) is 0 Å². The summed E-state index contributed by atoms with van der Waals surface area (Å²) in [5.74, 6) is 0.377. The van der Waals surface area contributed by atoms with Gasteiger partial charge in [-0.25, -0.2) is 0 Å². The number of hydrogen-bond acceptors (Lipinski definition) is 4. The second kappa shape index (κ2) is 8.36. The number of carbonyl (C=O) groups excluding carboxylic acids is 1. The van der Waals surface area contributed by atoms with Gasteiger partial charge in [-0.05, 0) is 31.4 Å². The van der Waals surface area contributed by atoms with Gasteiger partial charge in [0, 0.05) is 24.7 Å². The Balaban J connectivity index is 2.69. The highest BCUT2D eigenvalue weighted by Gasteiger charge is 2.17. The molecule has 0 saturated heterocycles. The van der Waals surface area contributed by atoms with Crippen LogP contribution in [0.3, 0.4) is 0 Å². The van der Waals surface area contributed by atoms with Crippen LogP contribution in [-0.4, -0.2) is 23.9 Å². The molecule has 0 aromatic heterocycles. The number of rotatable bonds is 8. The van der Waals surface area contributed by atoms with Crippen molar-refractivity contribution in [1.82, 2.24) is 5.32 Å². The summed E-state index contributed by atoms with van der Waals surface area (Å²) in [6, 6.07) is 4.50. The third-order valence-corrected chi connectivity index (χ3v) is 3.52. The zero-order valence-corrected chi connectivity index (χ0v) is 13.7. The first-order valence-corrected chi connectivity index (χ1v) is 7.62. The fourth-order valence-corrected chi connectivity index (χ4v) is 2.25. The first-order chi connectivity index (χ1) is 10.3. The lowest BCUT2D eigenvalue weighted by molar-refractivity contribution is -0.384. The summed E-state index contributed by atoms with van der Waals surface area (Å²) in [4.78, 5) is 22.7. The Morgan fingerprint density at radius 2 is 1.95 bits per heavy atom. The van der Waals surface area contributed by atoms with Crippen molar-refractivity contribution in [3.63, 3.8) is 0 Å². The van der Waals surface area contributed by atoms with E-state index in [1.165, 1.54) is 6.07 Å². The van der Waals surface area contributed by atoms with E-state index in [2.05, 4.69) is 24.5 Å². The predicted molar refractivity (Wildman–Crippen MR) is 88.3 cm³/mol. The van der Waals surface area contributed by atoms with Gasteiger partial charge in [0.2, 0.25) is 0 Å². The molecule has 1 amide bonds. The molecule has 1 aromatic rings. The van der Waals surface area contributed by atoms with Crippen molar-refractivity contribution in [3.8, 4) is 0 Å². The lowest BCUT2D eigenvalue weighted by atomic mass is 10.0. The monoisotopic (exact) mass is 307 g/mol. The van der Waals surface area contributed by atoms with Gasteiger partial charge in [-0.3, -0.25) is 14.9 Å². The molecular weight excluding hydrogens is 282 g/mol. The standard InChI is InChI=1S/C16H25N3O3/c1-11(2)6-5-7-12(3)18-16(20)13-8-9-14(17-4)15(10-13)19(21)22/h8-12,17H,5-7H2,1-4H3,(H,18,20). The number of nitro benzene ring substituents is 1. The van der Waals surface area contributed by atoms with Crippen molar-refractivity contribution in [2.45, 2.75) is 46.1 Å². The van der Waals surface area contributed by atoms with Gasteiger partial charge in [0.25, 0.3) is 11.6 Å². The highest BCUT2D eigenvalue weighted by atomic mass is 16.6. The van der Waals surface area contributed by atoms with Crippen LogP contribution in [0.15, 0.2) is 18.2 Å². The summed E-state index contributed by atoms with van der Waals surface area (Å²) < 4.78 is 0. The van der Waals surface area contributed by atoms with Crippen LogP contribution in [0.2, 0.25) is 0 Å². The molecular formula is C16H25N3O3. The van der Waals surface area contributed by atoms with Crippen LogP contribution in [0.25, 0.3) is 0 Å². The summed E-state index contributed by atoms with van der Waals surface area (Å²) in [5, 5.41) is 16.7. The van der Waals surface area contributed by atoms with Gasteiger partial charge in [0.15, 0.2) is 0 Å². The minimum Gasteiger partial charge on any atom is -0.383 e. The zero-order chi connectivity index (χ0) is 16.7. The van der Waals surface area contributed by atoms with Crippen LogP contribution in [0.4, 0.5) is 11.4 Å². The Labute approximate surface area is 131 Å². The number of nitrogens with zero attached hydrogens (tertiary/aromatic N) is 1. The van der Waals surface area contributed by atoms with Crippen molar-refractivity contribution in [3.05, 3.63) is 33.9 Å². The van der Waals surface area contributed by atoms with Crippen molar-refractivity contribution in [2.24, 2.45) is 5.92 Å². The van der Waals surface area contributed by atoms with Crippen LogP contribution in [0.5, 0.6) is 0 Å². The van der Waals surface area contributed by atoms with E-state index in [0.29, 0.717) is 17.2 Å². The van der Waals surface area contributed by atoms with Crippen molar-refractivity contribution in [2.75, 3.05) is 12.4 Å². The molecule has 1 unspecified atom stereocenters. The number of benzene rings is 1. The molecule has 2 N–H and O–H groups in total. The van der Waals surface area contributed by atoms with Gasteiger partial charge in [-0.1, -0.05) is 26.7 Å². The summed E-state index contributed by atoms with van der Waals surface area (Å²) in [6.45, 7) is 6.30. The average Bonchev–Trinajstić information content (AvgIpc) is 2.45. The van der Waals surface area contributed by atoms with E-state index in [1.807, 2.05) is 6.92 Å². The van der Waals surface area contributed by atoms with E-state index >= 15 is 0 Å². The molecule has 0 heterocycles. The van der Waals surface area contributed by atoms with Crippen molar-refractivity contribution in [1.29, 1.82) is 0 Å². The van der Waals surface area contributed by atoms with E-state index in [9.17, 15) is 14.9 Å². The first kappa shape index (κ1) is 17.9. The quantitative estimate of drug-likeness (QED) is 0.568. The molecule has 0 aliphatic rings. The predicted octanol–water partition coefficient (Wildman–Crippen LogP) is 3.58. The number of amides is 1. The maximum Gasteiger partial charge on any atom is 0.293 e. The Kier molecular flexibility index (Phi) is 6.82. The molecule has 0 aliphatic heterocycles. The largest absolute Gasteiger partial charge is 0.383 e. The molecule has 122 valence electrons. The molecule has 6 heteroatoms. The second-order valence-electron chi connectivity index (χ2n) is 5.94. The van der Waals surface area contributed by atoms with E-state index in [-0.39, 0.29) is 17.6 Å². The minimum absolute atomic E-state index is 0.0503. The van der Waals surface area contributed by atoms with Crippen LogP contribution < -0.4 is 10.6 Å². The van der Waals surface area contributed by atoms with Crippen LogP contribution in [-0.2, 0) is 0 Å². The average molecular weight is 307 g/mol. The molecule has 0 saturated carbocycles. The molecule has 0 radical (unpaired) electrons. The van der Waals surface area contributed by atoms with E-state index < -0.39 is 4.92 Å². The highest BCUT2D eigenvalue weighted by Crippen LogP contribution is 2.25. The molecule has 1 aromatic carbocycles. The number of nitro groups is 1. The van der Waals surface area contributed by atoms with Crippen molar-refractivity contribution < 1.29 is 9.72 Å². The topological polar surface area (TPSA) is 84.3 Å². The molecule has 1 rings (SSSR count). The number of nitrogens with one attached hydrogen (secondary N) is 2. The van der Waals surface area contributed by atoms with E-state index in [0.717, 1.165) is 19.3 Å². The molecule has 22 heavy (non-hydrogen) atoms. The molecule has 1 atom stereocenters. The van der Waals surface area contributed by atoms with Gasteiger partial charge in [-0.2, -0.15) is 0 Å². The number of hydrogen-bond donors (Lipinski definition) is 2. The van der Waals surface area contributed by atoms with Crippen LogP contribution in [0, 0.1) is 16.0 Å². The fourth-order valence-electron chi connectivity index (χ4n) is 2.25. The van der Waals surface area contributed by atoms with Crippen LogP contribution in [0.1, 0.15) is 50.4 Å². The molecule has 0 aliphatic carbocycles. The fraction of sp³-hybridized carbons (Fsp3) is 0.562. The second-order valence-corrected chi connectivity index (χ2v) is 5.94. The number of carbonyl (C=O) groups is 1. The normalized spacial score (nSPS) is 12.0. The van der Waals surface area contributed by atoms with E-state index in [1.54, 1.807) is 19.2 Å². The SMILES string of the molecule is CNc1ccc(C(=O)NC(C)CCCC(C)C)cc1[N+](=O)[O-]. The Morgan fingerprint density at radius 1 is 1.27 bits per heavy atom. The van der Waals surface area contributed by atoms with Crippen LogP contribution >= 0.6 is 0 Å². The van der Waals surface area contributed by atoms with Gasteiger partial charge in [-0.15, -0.1) is 0 Å². The first-order valence-electron chi connectivity index (χ1n) is 7.62. The van der Waals surface area contributed by atoms with Gasteiger partial charge < -0.3 is 10.6 Å². The molecule has 0 spiro atoms. The summed E-state index contributed by atoms with van der Waals surface area (Å²) in [5.41, 5.74) is 0.607. The molecule has 0 fully saturated rings. The Hall–Kier alpha value is -2.11. The third kappa shape index (κ3) is 5.35. The lowest BCUT2D eigenvalue weighted by Crippen LogP contribution is -2.32. The highest BCUT2D eigenvalue weighted by molar-refractivity contribution is 5.95. The maximum absolute atomic E-state index is 12.2. The molecule has 0 bridgehead atoms. The lowest BCUT2D eigenvalue weighted by Gasteiger charge is -2.15. The van der Waals surface area contributed by atoms with Gasteiger partial charge in [0.05, 0.1) is 4.92 Å². The maximum atomic E-state index is 12.2. The number of anilines is 1. The van der Waals surface area contributed by atoms with Gasteiger partial charge >= 0.3 is 0 Å². The van der Waals surface area contributed by atoms with Crippen molar-refractivity contribution >= 4 is 17.3 Å². The van der Waals surface area contributed by atoms with Gasteiger partial charge in [0.1, 0.15) is 5.69 Å². The smallest absolute Gasteiger partial charge is 0.293 e. The third-order valence-electron chi connectivity index (χ3n) is 3.52. The minimum atomic E-state index is -0.491. The summed E-state index contributed by atoms with van der Waals surface area (Å²) in [6.07, 6.45) is 3.08. The zero-order valence-electron chi connectivity index (χ0n) is 13.7. The molecule has 6 nitrogen and oxygen atoms in total.